The van der Waals surface area contributed by atoms with Gasteiger partial charge < -0.3 is 10.2 Å². The molecule has 0 aliphatic rings. The van der Waals surface area contributed by atoms with Crippen LogP contribution in [0.5, 0.6) is 0 Å². The first-order chi connectivity index (χ1) is 7.04. The number of carbonyl (C=O) groups is 2. The molecule has 16 heavy (non-hydrogen) atoms. The van der Waals surface area contributed by atoms with Gasteiger partial charge in [0.2, 0.25) is 0 Å². The van der Waals surface area contributed by atoms with Crippen molar-refractivity contribution in [2.75, 3.05) is 0 Å². The predicted octanol–water partition coefficient (Wildman–Crippen LogP) is 1.95. The third-order valence-corrected chi connectivity index (χ3v) is 1.76. The maximum atomic E-state index is 10.5. The van der Waals surface area contributed by atoms with E-state index in [1.807, 2.05) is 0 Å². The Morgan fingerprint density at radius 2 is 1.12 bits per heavy atom. The van der Waals surface area contributed by atoms with Gasteiger partial charge in [-0.05, 0) is 27.7 Å². The van der Waals surface area contributed by atoms with Crippen molar-refractivity contribution in [2.24, 2.45) is 10.2 Å². The Bertz CT molecular complexity index is 278. The highest BCUT2D eigenvalue weighted by molar-refractivity contribution is 5.68. The molecule has 92 valence electrons. The number of carboxylic acid groups (broad SMARTS) is 2. The first-order valence-corrected chi connectivity index (χ1v) is 4.92. The topological polar surface area (TPSA) is 99.3 Å². The smallest absolute Gasteiger partial charge is 0.305 e. The summed E-state index contributed by atoms with van der Waals surface area (Å²) in [5, 5.41) is 25.1. The van der Waals surface area contributed by atoms with Crippen LogP contribution in [0.1, 0.15) is 40.5 Å². The molecule has 0 aromatic rings. The number of azo groups is 1. The minimum atomic E-state index is -0.958. The molecular formula is C10H18N2O4. The maximum absolute atomic E-state index is 10.5. The van der Waals surface area contributed by atoms with Crippen molar-refractivity contribution in [3.05, 3.63) is 0 Å². The van der Waals surface area contributed by atoms with Crippen LogP contribution >= 0.6 is 0 Å². The van der Waals surface area contributed by atoms with Crippen LogP contribution in [0, 0.1) is 0 Å². The molecule has 6 heteroatoms. The van der Waals surface area contributed by atoms with Crippen molar-refractivity contribution in [3.8, 4) is 0 Å². The molecule has 0 heterocycles. The largest absolute Gasteiger partial charge is 0.481 e. The monoisotopic (exact) mass is 230 g/mol. The molecule has 0 aromatic heterocycles. The minimum Gasteiger partial charge on any atom is -0.481 e. The van der Waals surface area contributed by atoms with Crippen molar-refractivity contribution in [1.82, 2.24) is 0 Å². The Morgan fingerprint density at radius 1 is 0.875 bits per heavy atom. The van der Waals surface area contributed by atoms with E-state index in [4.69, 9.17) is 10.2 Å². The maximum Gasteiger partial charge on any atom is 0.305 e. The Kier molecular flexibility index (Phi) is 4.59. The van der Waals surface area contributed by atoms with Crippen molar-refractivity contribution in [1.29, 1.82) is 0 Å². The van der Waals surface area contributed by atoms with Gasteiger partial charge in [0.1, 0.15) is 0 Å². The van der Waals surface area contributed by atoms with E-state index in [1.54, 1.807) is 27.7 Å². The van der Waals surface area contributed by atoms with E-state index in [9.17, 15) is 9.59 Å². The molecule has 2 N–H and O–H groups in total. The van der Waals surface area contributed by atoms with E-state index in [1.165, 1.54) is 0 Å². The van der Waals surface area contributed by atoms with E-state index < -0.39 is 23.0 Å². The van der Waals surface area contributed by atoms with Crippen molar-refractivity contribution >= 4 is 11.9 Å². The summed E-state index contributed by atoms with van der Waals surface area (Å²) in [7, 11) is 0. The van der Waals surface area contributed by atoms with Gasteiger partial charge in [-0.15, -0.1) is 0 Å². The van der Waals surface area contributed by atoms with E-state index in [0.717, 1.165) is 0 Å². The van der Waals surface area contributed by atoms with Gasteiger partial charge in [-0.2, -0.15) is 10.2 Å². The average molecular weight is 230 g/mol. The molecule has 0 saturated carbocycles. The highest BCUT2D eigenvalue weighted by Gasteiger charge is 2.25. The predicted molar refractivity (Wildman–Crippen MR) is 57.5 cm³/mol. The molecule has 0 amide bonds. The number of rotatable bonds is 6. The van der Waals surface area contributed by atoms with Gasteiger partial charge in [0.25, 0.3) is 0 Å². The van der Waals surface area contributed by atoms with Gasteiger partial charge in [-0.25, -0.2) is 0 Å². The number of aliphatic carboxylic acids is 2. The fraction of sp³-hybridized carbons (Fsp3) is 0.800. The fourth-order valence-electron chi connectivity index (χ4n) is 1.08. The SMILES string of the molecule is CC(C)(CC(=O)O)/N=N\C(C)(C)CC(=O)O. The second-order valence-electron chi connectivity index (χ2n) is 4.97. The molecule has 0 fully saturated rings. The summed E-state index contributed by atoms with van der Waals surface area (Å²) in [5.74, 6) is -1.92. The lowest BCUT2D eigenvalue weighted by Crippen LogP contribution is -2.25. The number of hydrogen-bond acceptors (Lipinski definition) is 4. The van der Waals surface area contributed by atoms with Crippen LogP contribution in [-0.4, -0.2) is 33.2 Å². The highest BCUT2D eigenvalue weighted by Crippen LogP contribution is 2.20. The van der Waals surface area contributed by atoms with Crippen LogP contribution in [-0.2, 0) is 9.59 Å². The first-order valence-electron chi connectivity index (χ1n) is 4.92. The Balaban J connectivity index is 4.56. The zero-order valence-corrected chi connectivity index (χ0v) is 10.0. The lowest BCUT2D eigenvalue weighted by molar-refractivity contribution is -0.139. The molecule has 0 aromatic carbocycles. The van der Waals surface area contributed by atoms with Gasteiger partial charge in [0, 0.05) is 0 Å². The van der Waals surface area contributed by atoms with Crippen molar-refractivity contribution < 1.29 is 19.8 Å². The summed E-state index contributed by atoms with van der Waals surface area (Å²) >= 11 is 0. The highest BCUT2D eigenvalue weighted by atomic mass is 16.4. The Hall–Kier alpha value is -1.46. The summed E-state index contributed by atoms with van der Waals surface area (Å²) in [4.78, 5) is 21.0. The molecule has 6 nitrogen and oxygen atoms in total. The van der Waals surface area contributed by atoms with Gasteiger partial charge in [0.15, 0.2) is 0 Å². The van der Waals surface area contributed by atoms with Crippen LogP contribution < -0.4 is 0 Å². The minimum absolute atomic E-state index is 0.139. The van der Waals surface area contributed by atoms with Crippen LogP contribution in [0.2, 0.25) is 0 Å². The molecule has 0 aliphatic heterocycles. The van der Waals surface area contributed by atoms with Crippen LogP contribution in [0.15, 0.2) is 10.2 Å². The van der Waals surface area contributed by atoms with Crippen LogP contribution in [0.25, 0.3) is 0 Å². The van der Waals surface area contributed by atoms with Crippen LogP contribution in [0.4, 0.5) is 0 Å². The second kappa shape index (κ2) is 5.05. The molecule has 0 atom stereocenters. The summed E-state index contributed by atoms with van der Waals surface area (Å²) < 4.78 is 0. The molecule has 0 radical (unpaired) electrons. The lowest BCUT2D eigenvalue weighted by Gasteiger charge is -2.20. The summed E-state index contributed by atoms with van der Waals surface area (Å²) in [6, 6.07) is 0. The normalized spacial score (nSPS) is 13.0. The summed E-state index contributed by atoms with van der Waals surface area (Å²) in [6.45, 7) is 6.56. The molecule has 0 bridgehead atoms. The molecular weight excluding hydrogens is 212 g/mol. The standard InChI is InChI=1S/C10H18N2O4/c1-9(2,5-7(13)14)11-12-10(3,4)6-8(15)16/h5-6H2,1-4H3,(H,13,14)(H,15,16)/b12-11-. The molecule has 0 spiro atoms. The van der Waals surface area contributed by atoms with Crippen LogP contribution in [0.3, 0.4) is 0 Å². The average Bonchev–Trinajstić information content (AvgIpc) is 1.96. The lowest BCUT2D eigenvalue weighted by atomic mass is 10.0. The van der Waals surface area contributed by atoms with Gasteiger partial charge >= 0.3 is 11.9 Å². The van der Waals surface area contributed by atoms with Crippen molar-refractivity contribution in [3.63, 3.8) is 0 Å². The zero-order valence-electron chi connectivity index (χ0n) is 10.0. The first kappa shape index (κ1) is 14.5. The third-order valence-electron chi connectivity index (χ3n) is 1.76. The van der Waals surface area contributed by atoms with E-state index in [2.05, 4.69) is 10.2 Å². The number of carboxylic acids is 2. The molecule has 0 unspecified atom stereocenters. The van der Waals surface area contributed by atoms with E-state index in [0.29, 0.717) is 0 Å². The number of nitrogens with zero attached hydrogens (tertiary/aromatic N) is 2. The Morgan fingerprint density at radius 3 is 1.31 bits per heavy atom. The zero-order chi connectivity index (χ0) is 13.0. The third kappa shape index (κ3) is 6.92. The fourth-order valence-corrected chi connectivity index (χ4v) is 1.08. The van der Waals surface area contributed by atoms with Gasteiger partial charge in [-0.3, -0.25) is 9.59 Å². The van der Waals surface area contributed by atoms with Gasteiger partial charge in [0.05, 0.1) is 23.9 Å². The second-order valence-corrected chi connectivity index (χ2v) is 4.97. The quantitative estimate of drug-likeness (QED) is 0.681. The molecule has 0 aliphatic carbocycles. The summed E-state index contributed by atoms with van der Waals surface area (Å²) in [5.41, 5.74) is -1.64. The Labute approximate surface area is 94.4 Å². The summed E-state index contributed by atoms with van der Waals surface area (Å²) in [6.07, 6.45) is -0.278. The van der Waals surface area contributed by atoms with E-state index >= 15 is 0 Å². The molecule has 0 saturated heterocycles. The van der Waals surface area contributed by atoms with Gasteiger partial charge in [-0.1, -0.05) is 0 Å². The molecule has 0 rings (SSSR count). The van der Waals surface area contributed by atoms with Crippen molar-refractivity contribution in [2.45, 2.75) is 51.6 Å². The van der Waals surface area contributed by atoms with E-state index in [-0.39, 0.29) is 12.8 Å². The number of hydrogen-bond donors (Lipinski definition) is 2.